The number of hydrogen-bond acceptors (Lipinski definition) is 3. The average molecular weight is 345 g/mol. The molecule has 1 aromatic carbocycles. The van der Waals surface area contributed by atoms with Crippen molar-refractivity contribution in [3.8, 4) is 0 Å². The summed E-state index contributed by atoms with van der Waals surface area (Å²) in [6, 6.07) is 4.10. The minimum atomic E-state index is -0.146. The van der Waals surface area contributed by atoms with Crippen LogP contribution in [0.1, 0.15) is 42.4 Å². The molecule has 5 heteroatoms. The van der Waals surface area contributed by atoms with Crippen molar-refractivity contribution in [2.45, 2.75) is 46.5 Å². The molecule has 0 bridgehead atoms. The van der Waals surface area contributed by atoms with Gasteiger partial charge >= 0.3 is 0 Å². The van der Waals surface area contributed by atoms with E-state index in [2.05, 4.69) is 22.8 Å². The van der Waals surface area contributed by atoms with Gasteiger partial charge in [-0.2, -0.15) is 0 Å². The van der Waals surface area contributed by atoms with Crippen molar-refractivity contribution in [3.05, 3.63) is 28.8 Å². The third-order valence-corrected chi connectivity index (χ3v) is 4.97. The number of benzene rings is 1. The molecule has 25 heavy (non-hydrogen) atoms. The summed E-state index contributed by atoms with van der Waals surface area (Å²) in [6.45, 7) is 8.21. The zero-order valence-electron chi connectivity index (χ0n) is 15.9. The summed E-state index contributed by atoms with van der Waals surface area (Å²) >= 11 is 0. The Hall–Kier alpha value is -1.88. The van der Waals surface area contributed by atoms with E-state index in [0.29, 0.717) is 12.3 Å². The molecule has 0 saturated carbocycles. The van der Waals surface area contributed by atoms with E-state index in [-0.39, 0.29) is 18.4 Å². The maximum Gasteiger partial charge on any atom is 0.243 e. The monoisotopic (exact) mass is 345 g/mol. The van der Waals surface area contributed by atoms with Crippen molar-refractivity contribution >= 4 is 17.5 Å². The molecule has 1 aliphatic rings. The van der Waals surface area contributed by atoms with E-state index in [0.717, 1.165) is 49.2 Å². The molecule has 1 saturated heterocycles. The number of carbonyl (C=O) groups excluding carboxylic acids is 2. The number of rotatable bonds is 6. The van der Waals surface area contributed by atoms with E-state index >= 15 is 0 Å². The molecule has 1 aliphatic heterocycles. The second-order valence-electron chi connectivity index (χ2n) is 7.30. The average Bonchev–Trinajstić information content (AvgIpc) is 2.56. The fraction of sp³-hybridized carbons (Fsp3) is 0.600. The Balaban J connectivity index is 1.82. The van der Waals surface area contributed by atoms with Crippen LogP contribution in [0.2, 0.25) is 0 Å². The molecule has 5 nitrogen and oxygen atoms in total. The van der Waals surface area contributed by atoms with Crippen LogP contribution in [0.3, 0.4) is 0 Å². The van der Waals surface area contributed by atoms with E-state index in [1.807, 2.05) is 20.8 Å². The summed E-state index contributed by atoms with van der Waals surface area (Å²) in [5.74, 6) is 0.532. The second kappa shape index (κ2) is 8.99. The molecule has 0 aromatic heterocycles. The van der Waals surface area contributed by atoms with Gasteiger partial charge in [-0.05, 0) is 70.2 Å². The molecule has 138 valence electrons. The van der Waals surface area contributed by atoms with Gasteiger partial charge in [-0.15, -0.1) is 0 Å². The van der Waals surface area contributed by atoms with Gasteiger partial charge in [0.15, 0.2) is 0 Å². The zero-order chi connectivity index (χ0) is 18.4. The predicted octanol–water partition coefficient (Wildman–Crippen LogP) is 2.79. The molecule has 0 atom stereocenters. The lowest BCUT2D eigenvalue weighted by molar-refractivity contribution is -0.133. The lowest BCUT2D eigenvalue weighted by Gasteiger charge is -2.23. The first-order chi connectivity index (χ1) is 11.9. The normalized spacial score (nSPS) is 15.0. The number of piperidine rings is 1. The number of nitrogens with zero attached hydrogens (tertiary/aromatic N) is 1. The maximum absolute atomic E-state index is 12.3. The Morgan fingerprint density at radius 2 is 1.76 bits per heavy atom. The highest BCUT2D eigenvalue weighted by Crippen LogP contribution is 2.22. The fourth-order valence-corrected chi connectivity index (χ4v) is 3.55. The minimum Gasteiger partial charge on any atom is -0.336 e. The van der Waals surface area contributed by atoms with Gasteiger partial charge in [0.1, 0.15) is 0 Å². The largest absolute Gasteiger partial charge is 0.336 e. The van der Waals surface area contributed by atoms with Gasteiger partial charge in [0, 0.05) is 19.2 Å². The van der Waals surface area contributed by atoms with E-state index in [9.17, 15) is 9.59 Å². The highest BCUT2D eigenvalue weighted by Gasteiger charge is 2.18. The summed E-state index contributed by atoms with van der Waals surface area (Å²) in [4.78, 5) is 26.1. The molecular formula is C20H31N3O2. The van der Waals surface area contributed by atoms with Crippen LogP contribution < -0.4 is 10.6 Å². The highest BCUT2D eigenvalue weighted by molar-refractivity contribution is 5.95. The van der Waals surface area contributed by atoms with E-state index in [4.69, 9.17) is 0 Å². The molecule has 0 spiro atoms. The highest BCUT2D eigenvalue weighted by atomic mass is 16.2. The third-order valence-electron chi connectivity index (χ3n) is 4.97. The number of nitrogens with one attached hydrogen (secondary N) is 2. The number of anilines is 1. The summed E-state index contributed by atoms with van der Waals surface area (Å²) < 4.78 is 0. The topological polar surface area (TPSA) is 61.4 Å². The fourth-order valence-electron chi connectivity index (χ4n) is 3.55. The van der Waals surface area contributed by atoms with Crippen molar-refractivity contribution in [2.75, 3.05) is 32.0 Å². The van der Waals surface area contributed by atoms with Gasteiger partial charge < -0.3 is 15.5 Å². The van der Waals surface area contributed by atoms with Crippen LogP contribution in [0.25, 0.3) is 0 Å². The molecule has 1 aromatic rings. The summed E-state index contributed by atoms with van der Waals surface area (Å²) in [5.41, 5.74) is 4.13. The van der Waals surface area contributed by atoms with Crippen molar-refractivity contribution in [3.63, 3.8) is 0 Å². The smallest absolute Gasteiger partial charge is 0.243 e. The van der Waals surface area contributed by atoms with Crippen LogP contribution >= 0.6 is 0 Å². The molecule has 2 N–H and O–H groups in total. The van der Waals surface area contributed by atoms with Crippen molar-refractivity contribution in [2.24, 2.45) is 5.92 Å². The first kappa shape index (κ1) is 19.4. The molecule has 0 aliphatic carbocycles. The molecule has 2 rings (SSSR count). The van der Waals surface area contributed by atoms with Crippen LogP contribution in [0.5, 0.6) is 0 Å². The van der Waals surface area contributed by atoms with Crippen LogP contribution in [0.15, 0.2) is 12.1 Å². The van der Waals surface area contributed by atoms with Crippen LogP contribution in [0.4, 0.5) is 5.69 Å². The Morgan fingerprint density at radius 3 is 2.36 bits per heavy atom. The van der Waals surface area contributed by atoms with E-state index in [1.54, 1.807) is 7.05 Å². The van der Waals surface area contributed by atoms with Crippen molar-refractivity contribution < 1.29 is 9.59 Å². The first-order valence-electron chi connectivity index (χ1n) is 9.19. The minimum absolute atomic E-state index is 0.0473. The Bertz CT molecular complexity index is 598. The third kappa shape index (κ3) is 5.85. The Labute approximate surface area is 151 Å². The SMILES string of the molecule is Cc1cc(C)c(NC(=O)CN(C)C(=O)CCC2CCNCC2)c(C)c1. The maximum atomic E-state index is 12.3. The van der Waals surface area contributed by atoms with E-state index < -0.39 is 0 Å². The molecule has 0 unspecified atom stereocenters. The lowest BCUT2D eigenvalue weighted by Crippen LogP contribution is -2.35. The van der Waals surface area contributed by atoms with Gasteiger partial charge in [0.2, 0.25) is 11.8 Å². The molecule has 0 radical (unpaired) electrons. The van der Waals surface area contributed by atoms with Crippen LogP contribution in [-0.4, -0.2) is 43.4 Å². The van der Waals surface area contributed by atoms with Crippen molar-refractivity contribution in [1.82, 2.24) is 10.2 Å². The molecule has 1 fully saturated rings. The Morgan fingerprint density at radius 1 is 1.16 bits per heavy atom. The number of aryl methyl sites for hydroxylation is 3. The van der Waals surface area contributed by atoms with Crippen LogP contribution in [-0.2, 0) is 9.59 Å². The first-order valence-corrected chi connectivity index (χ1v) is 9.19. The molecule has 2 amide bonds. The summed E-state index contributed by atoms with van der Waals surface area (Å²) in [6.07, 6.45) is 3.73. The number of amides is 2. The Kier molecular flexibility index (Phi) is 7.00. The van der Waals surface area contributed by atoms with Gasteiger partial charge in [-0.3, -0.25) is 9.59 Å². The molecular weight excluding hydrogens is 314 g/mol. The predicted molar refractivity (Wildman–Crippen MR) is 102 cm³/mol. The quantitative estimate of drug-likeness (QED) is 0.833. The van der Waals surface area contributed by atoms with Crippen molar-refractivity contribution in [1.29, 1.82) is 0 Å². The second-order valence-corrected chi connectivity index (χ2v) is 7.30. The molecule has 1 heterocycles. The number of hydrogen-bond donors (Lipinski definition) is 2. The summed E-state index contributed by atoms with van der Waals surface area (Å²) in [7, 11) is 1.71. The van der Waals surface area contributed by atoms with Gasteiger partial charge in [0.25, 0.3) is 0 Å². The zero-order valence-corrected chi connectivity index (χ0v) is 15.9. The lowest BCUT2D eigenvalue weighted by atomic mass is 9.93. The van der Waals surface area contributed by atoms with E-state index in [1.165, 1.54) is 10.5 Å². The standard InChI is InChI=1S/C20H31N3O2/c1-14-11-15(2)20(16(3)12-14)22-18(24)13-23(4)19(25)6-5-17-7-9-21-10-8-17/h11-12,17,21H,5-10,13H2,1-4H3,(H,22,24). The van der Waals surface area contributed by atoms with Gasteiger partial charge in [-0.1, -0.05) is 17.7 Å². The van der Waals surface area contributed by atoms with Gasteiger partial charge in [0.05, 0.1) is 6.54 Å². The summed E-state index contributed by atoms with van der Waals surface area (Å²) in [5, 5.41) is 6.29. The number of likely N-dealkylation sites (N-methyl/N-ethyl adjacent to an activating group) is 1. The van der Waals surface area contributed by atoms with Gasteiger partial charge in [-0.25, -0.2) is 0 Å². The van der Waals surface area contributed by atoms with Crippen LogP contribution in [0, 0.1) is 26.7 Å². The number of carbonyl (C=O) groups is 2.